The first kappa shape index (κ1) is 16.9. The number of benzene rings is 1. The number of para-hydroxylation sites is 1. The maximum atomic E-state index is 13.1. The lowest BCUT2D eigenvalue weighted by Crippen LogP contribution is -2.40. The van der Waals surface area contributed by atoms with Crippen LogP contribution >= 0.6 is 0 Å². The summed E-state index contributed by atoms with van der Waals surface area (Å²) in [6.07, 6.45) is 1.35. The van der Waals surface area contributed by atoms with Gasteiger partial charge < -0.3 is 9.84 Å². The van der Waals surface area contributed by atoms with Crippen LogP contribution in [0.4, 0.5) is 13.2 Å². The highest BCUT2D eigenvalue weighted by Gasteiger charge is 2.48. The van der Waals surface area contributed by atoms with Crippen LogP contribution in [0.5, 0.6) is 5.75 Å². The molecule has 0 radical (unpaired) electrons. The number of ether oxygens (including phenoxy) is 1. The Bertz CT molecular complexity index is 685. The Hall–Kier alpha value is -2.50. The first-order valence-corrected chi connectivity index (χ1v) is 6.92. The van der Waals surface area contributed by atoms with Gasteiger partial charge in [-0.05, 0) is 25.0 Å². The molecule has 0 aromatic heterocycles. The van der Waals surface area contributed by atoms with Crippen LogP contribution in [0.25, 0.3) is 6.08 Å². The number of rotatable bonds is 4. The van der Waals surface area contributed by atoms with Gasteiger partial charge in [0.2, 0.25) is 6.10 Å². The summed E-state index contributed by atoms with van der Waals surface area (Å²) in [7, 11) is 0. The molecule has 0 spiro atoms. The van der Waals surface area contributed by atoms with Crippen LogP contribution in [-0.2, 0) is 11.2 Å². The zero-order chi connectivity index (χ0) is 17.0. The summed E-state index contributed by atoms with van der Waals surface area (Å²) >= 11 is 0. The van der Waals surface area contributed by atoms with E-state index in [4.69, 9.17) is 9.84 Å². The third kappa shape index (κ3) is 3.83. The van der Waals surface area contributed by atoms with Gasteiger partial charge in [-0.15, -0.1) is 0 Å². The molecule has 1 aromatic carbocycles. The minimum Gasteiger partial charge on any atom is -0.478 e. The highest BCUT2D eigenvalue weighted by Crippen LogP contribution is 2.39. The lowest BCUT2D eigenvalue weighted by Gasteiger charge is -2.28. The van der Waals surface area contributed by atoms with Crippen molar-refractivity contribution in [3.63, 3.8) is 0 Å². The molecule has 1 aliphatic rings. The van der Waals surface area contributed by atoms with Crippen molar-refractivity contribution < 1.29 is 27.8 Å². The molecule has 1 unspecified atom stereocenters. The molecule has 6 heteroatoms. The molecule has 1 N–H and O–H groups in total. The second-order valence-corrected chi connectivity index (χ2v) is 4.94. The zero-order valence-electron chi connectivity index (χ0n) is 12.3. The number of aliphatic carboxylic acids is 1. The zero-order valence-corrected chi connectivity index (χ0v) is 12.3. The topological polar surface area (TPSA) is 46.5 Å². The van der Waals surface area contributed by atoms with Crippen LogP contribution < -0.4 is 4.74 Å². The molecular formula is C17H15F3O3. The Kier molecular flexibility index (Phi) is 4.93. The Balaban J connectivity index is 2.43. The predicted octanol–water partition coefficient (Wildman–Crippen LogP) is 4.15. The number of halogens is 3. The summed E-state index contributed by atoms with van der Waals surface area (Å²) in [6.45, 7) is 1.85. The third-order valence-electron chi connectivity index (χ3n) is 3.28. The van der Waals surface area contributed by atoms with Crippen molar-refractivity contribution in [1.29, 1.82) is 0 Å². The monoisotopic (exact) mass is 324 g/mol. The van der Waals surface area contributed by atoms with Gasteiger partial charge in [0.1, 0.15) is 5.75 Å². The van der Waals surface area contributed by atoms with Crippen molar-refractivity contribution in [2.24, 2.45) is 0 Å². The molecular weight excluding hydrogens is 309 g/mol. The fourth-order valence-electron chi connectivity index (χ4n) is 2.25. The molecule has 1 atom stereocenters. The second kappa shape index (κ2) is 6.73. The van der Waals surface area contributed by atoms with Crippen molar-refractivity contribution >= 4 is 12.0 Å². The summed E-state index contributed by atoms with van der Waals surface area (Å²) in [5.74, 6) is -1.57. The number of carboxylic acid groups (broad SMARTS) is 1. The van der Waals surface area contributed by atoms with Gasteiger partial charge in [-0.1, -0.05) is 42.5 Å². The van der Waals surface area contributed by atoms with Crippen molar-refractivity contribution in [3.8, 4) is 5.75 Å². The normalized spacial score (nSPS) is 17.9. The lowest BCUT2D eigenvalue weighted by molar-refractivity contribution is -0.187. The van der Waals surface area contributed by atoms with Crippen LogP contribution in [0.3, 0.4) is 0 Å². The van der Waals surface area contributed by atoms with Crippen molar-refractivity contribution in [2.75, 3.05) is 0 Å². The van der Waals surface area contributed by atoms with E-state index in [-0.39, 0.29) is 5.75 Å². The van der Waals surface area contributed by atoms with Crippen LogP contribution in [0.15, 0.2) is 48.1 Å². The standard InChI is InChI=1S/C17H15F3O3/c1-2-3-4-5-7-11-8-6-9-12-10-13(16(21)22)15(17(18,19)20)23-14(11)12/h2-6,8-10,15H,7H2,1H3,(H,21,22)/b3-2-,5-4-. The average molecular weight is 324 g/mol. The van der Waals surface area contributed by atoms with Crippen LogP contribution in [0, 0.1) is 0 Å². The minimum atomic E-state index is -4.80. The van der Waals surface area contributed by atoms with Gasteiger partial charge in [0, 0.05) is 5.56 Å². The molecule has 0 bridgehead atoms. The number of carboxylic acids is 1. The van der Waals surface area contributed by atoms with Gasteiger partial charge >= 0.3 is 12.1 Å². The first-order chi connectivity index (χ1) is 10.8. The molecule has 0 saturated carbocycles. The largest absolute Gasteiger partial charge is 0.478 e. The van der Waals surface area contributed by atoms with E-state index in [1.54, 1.807) is 30.4 Å². The van der Waals surface area contributed by atoms with E-state index in [0.717, 1.165) is 6.08 Å². The van der Waals surface area contributed by atoms with E-state index in [0.29, 0.717) is 17.5 Å². The first-order valence-electron chi connectivity index (χ1n) is 6.92. The van der Waals surface area contributed by atoms with E-state index in [2.05, 4.69) is 0 Å². The molecule has 2 rings (SSSR count). The van der Waals surface area contributed by atoms with Crippen molar-refractivity contribution in [1.82, 2.24) is 0 Å². The Morgan fingerprint density at radius 1 is 1.35 bits per heavy atom. The van der Waals surface area contributed by atoms with Gasteiger partial charge in [0.05, 0.1) is 5.57 Å². The third-order valence-corrected chi connectivity index (χ3v) is 3.28. The fraction of sp³-hybridized carbons (Fsp3) is 0.235. The number of hydrogen-bond acceptors (Lipinski definition) is 2. The molecule has 0 saturated heterocycles. The van der Waals surface area contributed by atoms with E-state index in [1.165, 1.54) is 6.07 Å². The lowest BCUT2D eigenvalue weighted by atomic mass is 9.97. The van der Waals surface area contributed by atoms with E-state index in [9.17, 15) is 18.0 Å². The highest BCUT2D eigenvalue weighted by molar-refractivity contribution is 5.95. The van der Waals surface area contributed by atoms with E-state index in [1.807, 2.05) is 13.0 Å². The number of fused-ring (bicyclic) bond motifs is 1. The van der Waals surface area contributed by atoms with Crippen LogP contribution in [0.2, 0.25) is 0 Å². The van der Waals surface area contributed by atoms with Gasteiger partial charge in [-0.25, -0.2) is 4.79 Å². The predicted molar refractivity (Wildman–Crippen MR) is 80.2 cm³/mol. The molecule has 0 amide bonds. The number of carbonyl (C=O) groups is 1. The summed E-state index contributed by atoms with van der Waals surface area (Å²) < 4.78 is 44.3. The quantitative estimate of drug-likeness (QED) is 0.846. The Morgan fingerprint density at radius 3 is 2.70 bits per heavy atom. The summed E-state index contributed by atoms with van der Waals surface area (Å²) in [6, 6.07) is 4.85. The fourth-order valence-corrected chi connectivity index (χ4v) is 2.25. The summed E-state index contributed by atoms with van der Waals surface area (Å²) in [5.41, 5.74) is 0.0876. The van der Waals surface area contributed by atoms with Crippen LogP contribution in [0.1, 0.15) is 18.1 Å². The molecule has 1 aliphatic heterocycles. The number of hydrogen-bond donors (Lipinski definition) is 1. The molecule has 0 fully saturated rings. The molecule has 23 heavy (non-hydrogen) atoms. The minimum absolute atomic E-state index is 0.0740. The molecule has 3 nitrogen and oxygen atoms in total. The molecule has 1 heterocycles. The van der Waals surface area contributed by atoms with E-state index < -0.39 is 23.8 Å². The van der Waals surface area contributed by atoms with Gasteiger partial charge in [-0.2, -0.15) is 13.2 Å². The molecule has 0 aliphatic carbocycles. The average Bonchev–Trinajstić information content (AvgIpc) is 2.49. The van der Waals surface area contributed by atoms with Crippen molar-refractivity contribution in [2.45, 2.75) is 25.6 Å². The van der Waals surface area contributed by atoms with Crippen molar-refractivity contribution in [3.05, 3.63) is 59.2 Å². The van der Waals surface area contributed by atoms with E-state index >= 15 is 0 Å². The van der Waals surface area contributed by atoms with Gasteiger partial charge in [0.25, 0.3) is 0 Å². The smallest absolute Gasteiger partial charge is 0.430 e. The van der Waals surface area contributed by atoms with Crippen LogP contribution in [-0.4, -0.2) is 23.4 Å². The molecule has 1 aromatic rings. The number of alkyl halides is 3. The maximum absolute atomic E-state index is 13.1. The van der Waals surface area contributed by atoms with Gasteiger partial charge in [-0.3, -0.25) is 0 Å². The Labute approximate surface area is 131 Å². The maximum Gasteiger partial charge on any atom is 0.430 e. The van der Waals surface area contributed by atoms with Gasteiger partial charge in [0.15, 0.2) is 0 Å². The number of allylic oxidation sites excluding steroid dienone is 4. The summed E-state index contributed by atoms with van der Waals surface area (Å²) in [4.78, 5) is 11.1. The summed E-state index contributed by atoms with van der Waals surface area (Å²) in [5, 5.41) is 9.00. The Morgan fingerprint density at radius 2 is 2.09 bits per heavy atom. The molecule has 122 valence electrons. The second-order valence-electron chi connectivity index (χ2n) is 4.94. The SMILES string of the molecule is C/C=C\C=C/Cc1cccc2c1OC(C(F)(F)F)C(C(=O)O)=C2. The highest BCUT2D eigenvalue weighted by atomic mass is 19.4.